The highest BCUT2D eigenvalue weighted by Gasteiger charge is 2.27. The Morgan fingerprint density at radius 3 is 2.38 bits per heavy atom. The summed E-state index contributed by atoms with van der Waals surface area (Å²) in [7, 11) is 0. The molecule has 0 radical (unpaired) electrons. The van der Waals surface area contributed by atoms with Gasteiger partial charge in [0.25, 0.3) is 0 Å². The Bertz CT molecular complexity index is 330. The van der Waals surface area contributed by atoms with Crippen molar-refractivity contribution in [1.29, 1.82) is 0 Å². The zero-order valence-corrected chi connectivity index (χ0v) is 12.9. The predicted molar refractivity (Wildman–Crippen MR) is 80.1 cm³/mol. The molecule has 1 atom stereocenters. The Hall–Kier alpha value is -0.650. The van der Waals surface area contributed by atoms with Gasteiger partial charge in [-0.3, -0.25) is 4.79 Å². The van der Waals surface area contributed by atoms with Crippen molar-refractivity contribution in [2.75, 3.05) is 39.5 Å². The minimum atomic E-state index is 0.218. The molecule has 3 heterocycles. The molecule has 3 aliphatic rings. The number of carbonyl (C=O) groups is 1. The average Bonchev–Trinajstić information content (AvgIpc) is 3.02. The van der Waals surface area contributed by atoms with Gasteiger partial charge in [0.15, 0.2) is 0 Å². The van der Waals surface area contributed by atoms with Crippen LogP contribution in [0.5, 0.6) is 0 Å². The highest BCUT2D eigenvalue weighted by Crippen LogP contribution is 2.21. The first kappa shape index (κ1) is 15.3. The van der Waals surface area contributed by atoms with Gasteiger partial charge < -0.3 is 19.7 Å². The molecule has 3 fully saturated rings. The number of nitrogens with zero attached hydrogens (tertiary/aromatic N) is 1. The first-order valence-corrected chi connectivity index (χ1v) is 8.50. The molecular weight excluding hydrogens is 268 g/mol. The van der Waals surface area contributed by atoms with Crippen molar-refractivity contribution < 1.29 is 14.3 Å². The van der Waals surface area contributed by atoms with Gasteiger partial charge in [0.2, 0.25) is 5.91 Å². The summed E-state index contributed by atoms with van der Waals surface area (Å²) in [6, 6.07) is 1.07. The van der Waals surface area contributed by atoms with Gasteiger partial charge in [0.1, 0.15) is 0 Å². The van der Waals surface area contributed by atoms with Crippen LogP contribution in [-0.2, 0) is 14.3 Å². The molecule has 0 bridgehead atoms. The third-order valence-corrected chi connectivity index (χ3v) is 5.10. The van der Waals surface area contributed by atoms with E-state index in [9.17, 15) is 4.79 Å². The van der Waals surface area contributed by atoms with Gasteiger partial charge >= 0.3 is 0 Å². The van der Waals surface area contributed by atoms with Crippen LogP contribution in [0.25, 0.3) is 0 Å². The number of rotatable bonds is 4. The fourth-order valence-electron chi connectivity index (χ4n) is 3.75. The molecule has 1 N–H and O–H groups in total. The Morgan fingerprint density at radius 2 is 1.71 bits per heavy atom. The molecule has 3 saturated heterocycles. The smallest absolute Gasteiger partial charge is 0.220 e. The van der Waals surface area contributed by atoms with E-state index in [0.29, 0.717) is 24.4 Å². The van der Waals surface area contributed by atoms with E-state index in [-0.39, 0.29) is 5.91 Å². The van der Waals surface area contributed by atoms with Crippen LogP contribution >= 0.6 is 0 Å². The van der Waals surface area contributed by atoms with Gasteiger partial charge in [0.05, 0.1) is 0 Å². The van der Waals surface area contributed by atoms with Crippen LogP contribution in [0.15, 0.2) is 0 Å². The topological polar surface area (TPSA) is 50.8 Å². The number of piperidine rings is 1. The number of likely N-dealkylation sites (tertiary alicyclic amines) is 1. The maximum absolute atomic E-state index is 12.1. The van der Waals surface area contributed by atoms with Crippen LogP contribution in [0, 0.1) is 5.92 Å². The van der Waals surface area contributed by atoms with E-state index >= 15 is 0 Å². The fourth-order valence-corrected chi connectivity index (χ4v) is 3.75. The summed E-state index contributed by atoms with van der Waals surface area (Å²) in [6.07, 6.45) is 6.18. The van der Waals surface area contributed by atoms with E-state index in [1.54, 1.807) is 0 Å². The minimum absolute atomic E-state index is 0.218. The predicted octanol–water partition coefficient (Wildman–Crippen LogP) is 1.17. The number of carbonyl (C=O) groups excluding carboxylic acids is 1. The molecule has 0 unspecified atom stereocenters. The second kappa shape index (κ2) is 7.56. The molecule has 5 heteroatoms. The molecular formula is C16H28N2O3. The molecule has 0 aliphatic carbocycles. The highest BCUT2D eigenvalue weighted by molar-refractivity contribution is 5.76. The Balaban J connectivity index is 1.35. The second-order valence-corrected chi connectivity index (χ2v) is 6.66. The van der Waals surface area contributed by atoms with Gasteiger partial charge in [-0.25, -0.2) is 0 Å². The average molecular weight is 296 g/mol. The lowest BCUT2D eigenvalue weighted by atomic mass is 9.99. The van der Waals surface area contributed by atoms with Gasteiger partial charge in [0, 0.05) is 58.0 Å². The maximum atomic E-state index is 12.1. The summed E-state index contributed by atoms with van der Waals surface area (Å²) in [6.45, 7) is 5.62. The van der Waals surface area contributed by atoms with Crippen LogP contribution in [0.2, 0.25) is 0 Å². The van der Waals surface area contributed by atoms with Crippen LogP contribution in [0.1, 0.15) is 38.5 Å². The Morgan fingerprint density at radius 1 is 1.00 bits per heavy atom. The SMILES string of the molecule is O=C(C[C@H]1CCOC1)NC1CCN(C2CCOCC2)CC1. The lowest BCUT2D eigenvalue weighted by Gasteiger charge is -2.39. The van der Waals surface area contributed by atoms with E-state index in [1.165, 1.54) is 12.8 Å². The summed E-state index contributed by atoms with van der Waals surface area (Å²) >= 11 is 0. The quantitative estimate of drug-likeness (QED) is 0.846. The Labute approximate surface area is 127 Å². The van der Waals surface area contributed by atoms with Gasteiger partial charge in [-0.1, -0.05) is 0 Å². The third-order valence-electron chi connectivity index (χ3n) is 5.10. The fraction of sp³-hybridized carbons (Fsp3) is 0.938. The van der Waals surface area contributed by atoms with Crippen molar-refractivity contribution in [1.82, 2.24) is 10.2 Å². The number of amides is 1. The summed E-state index contributed by atoms with van der Waals surface area (Å²) in [4.78, 5) is 14.6. The highest BCUT2D eigenvalue weighted by atomic mass is 16.5. The minimum Gasteiger partial charge on any atom is -0.381 e. The van der Waals surface area contributed by atoms with Gasteiger partial charge in [-0.15, -0.1) is 0 Å². The molecule has 0 aromatic heterocycles. The number of hydrogen-bond donors (Lipinski definition) is 1. The summed E-state index contributed by atoms with van der Waals surface area (Å²) < 4.78 is 10.8. The maximum Gasteiger partial charge on any atom is 0.220 e. The van der Waals surface area contributed by atoms with Gasteiger partial charge in [-0.2, -0.15) is 0 Å². The molecule has 0 aromatic carbocycles. The standard InChI is InChI=1S/C16H28N2O3/c19-16(11-13-3-8-21-12-13)17-14-1-6-18(7-2-14)15-4-9-20-10-5-15/h13-15H,1-12H2,(H,17,19)/t13-/m1/s1. The van der Waals surface area contributed by atoms with Crippen molar-refractivity contribution in [3.05, 3.63) is 0 Å². The number of hydrogen-bond acceptors (Lipinski definition) is 4. The summed E-state index contributed by atoms with van der Waals surface area (Å²) in [5.41, 5.74) is 0. The molecule has 0 aromatic rings. The molecule has 0 saturated carbocycles. The van der Waals surface area contributed by atoms with E-state index < -0.39 is 0 Å². The van der Waals surface area contributed by atoms with Crippen molar-refractivity contribution in [3.63, 3.8) is 0 Å². The number of ether oxygens (including phenoxy) is 2. The van der Waals surface area contributed by atoms with Crippen LogP contribution < -0.4 is 5.32 Å². The van der Waals surface area contributed by atoms with E-state index in [0.717, 1.165) is 58.8 Å². The van der Waals surface area contributed by atoms with Crippen molar-refractivity contribution >= 4 is 5.91 Å². The molecule has 0 spiro atoms. The third kappa shape index (κ3) is 4.41. The number of nitrogens with one attached hydrogen (secondary N) is 1. The molecule has 3 rings (SSSR count). The summed E-state index contributed by atoms with van der Waals surface area (Å²) in [5, 5.41) is 3.22. The van der Waals surface area contributed by atoms with Gasteiger partial charge in [-0.05, 0) is 38.0 Å². The summed E-state index contributed by atoms with van der Waals surface area (Å²) in [5.74, 6) is 0.655. The largest absolute Gasteiger partial charge is 0.381 e. The Kier molecular flexibility index (Phi) is 5.49. The first-order chi connectivity index (χ1) is 10.3. The van der Waals surface area contributed by atoms with E-state index in [1.807, 2.05) is 0 Å². The lowest BCUT2D eigenvalue weighted by Crippen LogP contribution is -2.49. The molecule has 1 amide bonds. The van der Waals surface area contributed by atoms with Crippen LogP contribution in [0.3, 0.4) is 0 Å². The second-order valence-electron chi connectivity index (χ2n) is 6.66. The van der Waals surface area contributed by atoms with E-state index in [2.05, 4.69) is 10.2 Å². The van der Waals surface area contributed by atoms with Crippen LogP contribution in [0.4, 0.5) is 0 Å². The van der Waals surface area contributed by atoms with Crippen LogP contribution in [-0.4, -0.2) is 62.4 Å². The molecule has 5 nitrogen and oxygen atoms in total. The zero-order chi connectivity index (χ0) is 14.5. The first-order valence-electron chi connectivity index (χ1n) is 8.50. The zero-order valence-electron chi connectivity index (χ0n) is 12.9. The normalized spacial score (nSPS) is 29.6. The molecule has 21 heavy (non-hydrogen) atoms. The lowest BCUT2D eigenvalue weighted by molar-refractivity contribution is -0.123. The molecule has 120 valence electrons. The van der Waals surface area contributed by atoms with Crippen molar-refractivity contribution in [2.24, 2.45) is 5.92 Å². The van der Waals surface area contributed by atoms with E-state index in [4.69, 9.17) is 9.47 Å². The molecule has 3 aliphatic heterocycles. The van der Waals surface area contributed by atoms with Crippen molar-refractivity contribution in [2.45, 2.75) is 50.6 Å². The monoisotopic (exact) mass is 296 g/mol. The van der Waals surface area contributed by atoms with Crippen molar-refractivity contribution in [3.8, 4) is 0 Å².